The Morgan fingerprint density at radius 3 is 2.48 bits per heavy atom. The molecule has 0 amide bonds. The van der Waals surface area contributed by atoms with Gasteiger partial charge >= 0.3 is 0 Å². The molecule has 0 spiro atoms. The fraction of sp³-hybridized carbons (Fsp3) is 0.900. The average molecular weight is 320 g/mol. The summed E-state index contributed by atoms with van der Waals surface area (Å²) in [7, 11) is 0. The topological polar surface area (TPSA) is 18.5 Å². The van der Waals surface area contributed by atoms with E-state index in [0.717, 1.165) is 12.8 Å². The lowest BCUT2D eigenvalue weighted by atomic mass is 9.48. The minimum Gasteiger partial charge on any atom is -0.433 e. The average Bonchev–Trinajstić information content (AvgIpc) is 3.27. The van der Waals surface area contributed by atoms with Crippen molar-refractivity contribution in [2.75, 3.05) is 0 Å². The zero-order chi connectivity index (χ0) is 17.3. The molecule has 0 aromatic carbocycles. The molecule has 3 heteroatoms. The van der Waals surface area contributed by atoms with Crippen LogP contribution in [0.3, 0.4) is 0 Å². The molecular formula is C20H37BO2. The maximum absolute atomic E-state index is 6.32. The molecule has 2 rings (SSSR count). The van der Waals surface area contributed by atoms with E-state index in [-0.39, 0.29) is 5.60 Å². The van der Waals surface area contributed by atoms with Crippen molar-refractivity contribution >= 4 is 6.92 Å². The maximum Gasteiger partial charge on any atom is 0.296 e. The second-order valence-electron chi connectivity index (χ2n) is 8.78. The van der Waals surface area contributed by atoms with Crippen molar-refractivity contribution < 1.29 is 9.39 Å². The molecular weight excluding hydrogens is 283 g/mol. The Hall–Kier alpha value is -0.275. The molecule has 2 nitrogen and oxygen atoms in total. The van der Waals surface area contributed by atoms with Gasteiger partial charge in [0.05, 0.1) is 11.7 Å². The SMILES string of the molecule is CCC(C)OC1(C(C)=CCC(C)B2CCC(C)(C)C(C)O2)CC1. The summed E-state index contributed by atoms with van der Waals surface area (Å²) in [6.45, 7) is 16.3. The van der Waals surface area contributed by atoms with E-state index in [0.29, 0.717) is 30.4 Å². The first kappa shape index (κ1) is 19.1. The molecule has 0 aromatic heterocycles. The van der Waals surface area contributed by atoms with E-state index < -0.39 is 0 Å². The number of ether oxygens (including phenoxy) is 1. The normalized spacial score (nSPS) is 29.3. The van der Waals surface area contributed by atoms with Crippen LogP contribution in [0.1, 0.15) is 80.6 Å². The lowest BCUT2D eigenvalue weighted by Gasteiger charge is -2.41. The fourth-order valence-electron chi connectivity index (χ4n) is 3.54. The Morgan fingerprint density at radius 1 is 1.30 bits per heavy atom. The summed E-state index contributed by atoms with van der Waals surface area (Å²) in [4.78, 5) is 0. The summed E-state index contributed by atoms with van der Waals surface area (Å²) in [6, 6.07) is 0. The molecule has 3 unspecified atom stereocenters. The second-order valence-corrected chi connectivity index (χ2v) is 8.78. The smallest absolute Gasteiger partial charge is 0.296 e. The first-order valence-corrected chi connectivity index (χ1v) is 9.70. The van der Waals surface area contributed by atoms with Crippen molar-refractivity contribution in [1.29, 1.82) is 0 Å². The summed E-state index contributed by atoms with van der Waals surface area (Å²) in [5.74, 6) is 0.586. The van der Waals surface area contributed by atoms with Crippen molar-refractivity contribution in [1.82, 2.24) is 0 Å². The molecule has 0 N–H and O–H groups in total. The van der Waals surface area contributed by atoms with E-state index >= 15 is 0 Å². The highest BCUT2D eigenvalue weighted by atomic mass is 16.5. The van der Waals surface area contributed by atoms with Gasteiger partial charge < -0.3 is 9.39 Å². The van der Waals surface area contributed by atoms with Gasteiger partial charge in [-0.15, -0.1) is 0 Å². The Morgan fingerprint density at radius 2 is 1.96 bits per heavy atom. The van der Waals surface area contributed by atoms with Gasteiger partial charge in [0.2, 0.25) is 0 Å². The second kappa shape index (κ2) is 7.31. The van der Waals surface area contributed by atoms with E-state index in [1.54, 1.807) is 0 Å². The third kappa shape index (κ3) is 4.63. The van der Waals surface area contributed by atoms with Crippen molar-refractivity contribution in [3.63, 3.8) is 0 Å². The monoisotopic (exact) mass is 320 g/mol. The van der Waals surface area contributed by atoms with Gasteiger partial charge in [-0.2, -0.15) is 0 Å². The zero-order valence-electron chi connectivity index (χ0n) is 16.4. The highest BCUT2D eigenvalue weighted by molar-refractivity contribution is 6.53. The minimum atomic E-state index is 0.0673. The van der Waals surface area contributed by atoms with Gasteiger partial charge in [-0.1, -0.05) is 33.8 Å². The predicted molar refractivity (Wildman–Crippen MR) is 100 cm³/mol. The van der Waals surface area contributed by atoms with Crippen LogP contribution in [-0.2, 0) is 9.39 Å². The van der Waals surface area contributed by atoms with Crippen LogP contribution < -0.4 is 0 Å². The van der Waals surface area contributed by atoms with Gasteiger partial charge in [-0.05, 0) is 76.0 Å². The molecule has 1 saturated carbocycles. The van der Waals surface area contributed by atoms with Gasteiger partial charge in [0, 0.05) is 6.10 Å². The minimum absolute atomic E-state index is 0.0673. The summed E-state index contributed by atoms with van der Waals surface area (Å²) >= 11 is 0. The van der Waals surface area contributed by atoms with Crippen molar-refractivity contribution in [3.8, 4) is 0 Å². The molecule has 2 fully saturated rings. The molecule has 2 aliphatic rings. The lowest BCUT2D eigenvalue weighted by molar-refractivity contribution is -0.000594. The predicted octanol–water partition coefficient (Wildman–Crippen LogP) is 5.89. The Bertz CT molecular complexity index is 425. The quantitative estimate of drug-likeness (QED) is 0.430. The van der Waals surface area contributed by atoms with Crippen molar-refractivity contribution in [3.05, 3.63) is 11.6 Å². The van der Waals surface area contributed by atoms with Gasteiger partial charge in [0.15, 0.2) is 0 Å². The fourth-order valence-corrected chi connectivity index (χ4v) is 3.54. The molecule has 132 valence electrons. The molecule has 1 aliphatic heterocycles. The third-order valence-corrected chi connectivity index (χ3v) is 6.41. The van der Waals surface area contributed by atoms with E-state index in [1.807, 2.05) is 0 Å². The molecule has 0 bridgehead atoms. The van der Waals surface area contributed by atoms with E-state index in [4.69, 9.17) is 9.39 Å². The van der Waals surface area contributed by atoms with Crippen LogP contribution in [0.5, 0.6) is 0 Å². The number of hydrogen-bond donors (Lipinski definition) is 0. The number of allylic oxidation sites excluding steroid dienone is 1. The Labute approximate surface area is 144 Å². The van der Waals surface area contributed by atoms with Crippen molar-refractivity contribution in [2.45, 2.75) is 111 Å². The summed E-state index contributed by atoms with van der Waals surface area (Å²) in [6.07, 6.45) is 10.2. The highest BCUT2D eigenvalue weighted by Crippen LogP contribution is 2.47. The van der Waals surface area contributed by atoms with Gasteiger partial charge in [-0.3, -0.25) is 0 Å². The number of rotatable bonds is 7. The first-order chi connectivity index (χ1) is 10.7. The van der Waals surface area contributed by atoms with Crippen LogP contribution in [0.15, 0.2) is 11.6 Å². The Balaban J connectivity index is 1.87. The van der Waals surface area contributed by atoms with Gasteiger partial charge in [-0.25, -0.2) is 0 Å². The molecule has 1 saturated heterocycles. The largest absolute Gasteiger partial charge is 0.433 e. The van der Waals surface area contributed by atoms with Gasteiger partial charge in [0.25, 0.3) is 6.92 Å². The van der Waals surface area contributed by atoms with Crippen LogP contribution in [0.25, 0.3) is 0 Å². The molecule has 0 aromatic rings. The van der Waals surface area contributed by atoms with E-state index in [2.05, 4.69) is 54.5 Å². The van der Waals surface area contributed by atoms with E-state index in [9.17, 15) is 0 Å². The van der Waals surface area contributed by atoms with Crippen LogP contribution in [0.2, 0.25) is 12.1 Å². The molecule has 23 heavy (non-hydrogen) atoms. The van der Waals surface area contributed by atoms with Crippen molar-refractivity contribution in [2.24, 2.45) is 5.41 Å². The third-order valence-electron chi connectivity index (χ3n) is 6.41. The Kier molecular flexibility index (Phi) is 6.06. The number of hydrogen-bond acceptors (Lipinski definition) is 2. The molecule has 1 heterocycles. The molecule has 1 aliphatic carbocycles. The van der Waals surface area contributed by atoms with Gasteiger partial charge in [0.1, 0.15) is 0 Å². The van der Waals surface area contributed by atoms with Crippen LogP contribution in [-0.4, -0.2) is 24.7 Å². The first-order valence-electron chi connectivity index (χ1n) is 9.70. The molecule has 3 atom stereocenters. The zero-order valence-corrected chi connectivity index (χ0v) is 16.4. The lowest BCUT2D eigenvalue weighted by Crippen LogP contribution is -2.42. The highest BCUT2D eigenvalue weighted by Gasteiger charge is 2.46. The standard InChI is InChI=1S/C20H37BO2/c1-8-17(4)22-20(11-12-20)15(2)9-10-16(3)21-14-13-19(6,7)18(5)23-21/h9,16-18H,8,10-14H2,1-7H3. The van der Waals surface area contributed by atoms with Crippen LogP contribution >= 0.6 is 0 Å². The summed E-state index contributed by atoms with van der Waals surface area (Å²) in [5.41, 5.74) is 1.83. The summed E-state index contributed by atoms with van der Waals surface area (Å²) < 4.78 is 12.6. The molecule has 0 radical (unpaired) electrons. The van der Waals surface area contributed by atoms with E-state index in [1.165, 1.54) is 31.2 Å². The van der Waals surface area contributed by atoms with Crippen LogP contribution in [0.4, 0.5) is 0 Å². The summed E-state index contributed by atoms with van der Waals surface area (Å²) in [5, 5.41) is 0. The van der Waals surface area contributed by atoms with Crippen LogP contribution in [0, 0.1) is 5.41 Å². The maximum atomic E-state index is 6.32.